The second-order valence-corrected chi connectivity index (χ2v) is 3.12. The van der Waals surface area contributed by atoms with Crippen molar-refractivity contribution in [3.63, 3.8) is 0 Å². The molecule has 1 aromatic rings. The maximum Gasteiger partial charge on any atom is 0.133 e. The Bertz CT molecular complexity index is 293. The lowest BCUT2D eigenvalue weighted by Gasteiger charge is -2.02. The monoisotopic (exact) mass is 164 g/mol. The van der Waals surface area contributed by atoms with Crippen LogP contribution in [0.5, 0.6) is 0 Å². The molecule has 0 unspecified atom stereocenters. The van der Waals surface area contributed by atoms with Gasteiger partial charge >= 0.3 is 0 Å². The second kappa shape index (κ2) is 2.71. The van der Waals surface area contributed by atoms with Crippen molar-refractivity contribution in [2.45, 2.75) is 25.3 Å². The fourth-order valence-electron chi connectivity index (χ4n) is 1.13. The van der Waals surface area contributed by atoms with Crippen LogP contribution in [0.3, 0.4) is 0 Å². The lowest BCUT2D eigenvalue weighted by molar-refractivity contribution is 0.904. The van der Waals surface area contributed by atoms with E-state index >= 15 is 0 Å². The Morgan fingerprint density at radius 1 is 1.50 bits per heavy atom. The molecule has 0 amide bonds. The summed E-state index contributed by atoms with van der Waals surface area (Å²) < 4.78 is 0. The molecule has 0 aliphatic heterocycles. The highest BCUT2D eigenvalue weighted by atomic mass is 15.0. The molecule has 0 atom stereocenters. The minimum Gasteiger partial charge on any atom is -0.383 e. The third-order valence-corrected chi connectivity index (χ3v) is 2.08. The molecular formula is C8H12N4. The Hall–Kier alpha value is -1.16. The first-order valence-electron chi connectivity index (χ1n) is 4.12. The van der Waals surface area contributed by atoms with Crippen molar-refractivity contribution in [1.82, 2.24) is 9.97 Å². The van der Waals surface area contributed by atoms with Crippen LogP contribution in [0.15, 0.2) is 6.20 Å². The first kappa shape index (κ1) is 7.49. The second-order valence-electron chi connectivity index (χ2n) is 3.12. The highest BCUT2D eigenvalue weighted by Gasteiger charge is 2.26. The van der Waals surface area contributed by atoms with E-state index in [-0.39, 0.29) is 0 Å². The number of nitrogen functional groups attached to an aromatic ring is 1. The average Bonchev–Trinajstić information content (AvgIpc) is 2.86. The van der Waals surface area contributed by atoms with Crippen molar-refractivity contribution < 1.29 is 0 Å². The zero-order chi connectivity index (χ0) is 8.55. The van der Waals surface area contributed by atoms with Gasteiger partial charge < -0.3 is 11.5 Å². The van der Waals surface area contributed by atoms with Gasteiger partial charge in [0.05, 0.1) is 0 Å². The van der Waals surface area contributed by atoms with Gasteiger partial charge in [0.1, 0.15) is 11.6 Å². The van der Waals surface area contributed by atoms with E-state index in [4.69, 9.17) is 11.5 Å². The van der Waals surface area contributed by atoms with Gasteiger partial charge in [-0.15, -0.1) is 0 Å². The van der Waals surface area contributed by atoms with E-state index in [1.807, 2.05) is 0 Å². The van der Waals surface area contributed by atoms with E-state index in [2.05, 4.69) is 9.97 Å². The van der Waals surface area contributed by atoms with Gasteiger partial charge in [0.15, 0.2) is 0 Å². The van der Waals surface area contributed by atoms with E-state index in [1.54, 1.807) is 6.20 Å². The molecule has 64 valence electrons. The summed E-state index contributed by atoms with van der Waals surface area (Å²) in [5.74, 6) is 1.97. The molecule has 0 spiro atoms. The van der Waals surface area contributed by atoms with Crippen molar-refractivity contribution in [3.05, 3.63) is 17.6 Å². The maximum absolute atomic E-state index is 5.67. The van der Waals surface area contributed by atoms with E-state index < -0.39 is 0 Å². The van der Waals surface area contributed by atoms with Gasteiger partial charge in [0.2, 0.25) is 0 Å². The Labute approximate surface area is 71.0 Å². The Morgan fingerprint density at radius 2 is 2.25 bits per heavy atom. The molecule has 0 radical (unpaired) electrons. The van der Waals surface area contributed by atoms with Gasteiger partial charge in [0.25, 0.3) is 0 Å². The summed E-state index contributed by atoms with van der Waals surface area (Å²) in [4.78, 5) is 8.39. The summed E-state index contributed by atoms with van der Waals surface area (Å²) in [6.07, 6.45) is 4.12. The summed E-state index contributed by atoms with van der Waals surface area (Å²) in [5, 5.41) is 0. The summed E-state index contributed by atoms with van der Waals surface area (Å²) in [7, 11) is 0. The SMILES string of the molecule is NCc1cnc(C2CC2)nc1N. The Kier molecular flexibility index (Phi) is 1.69. The average molecular weight is 164 g/mol. The number of hydrogen-bond donors (Lipinski definition) is 2. The normalized spacial score (nSPS) is 16.4. The topological polar surface area (TPSA) is 77.8 Å². The first-order valence-corrected chi connectivity index (χ1v) is 4.12. The van der Waals surface area contributed by atoms with Crippen LogP contribution >= 0.6 is 0 Å². The number of aromatic nitrogens is 2. The molecule has 4 N–H and O–H groups in total. The lowest BCUT2D eigenvalue weighted by Crippen LogP contribution is -2.06. The molecular weight excluding hydrogens is 152 g/mol. The number of rotatable bonds is 2. The smallest absolute Gasteiger partial charge is 0.133 e. The molecule has 0 saturated heterocycles. The molecule has 1 heterocycles. The van der Waals surface area contributed by atoms with Crippen molar-refractivity contribution in [3.8, 4) is 0 Å². The third kappa shape index (κ3) is 1.25. The molecule has 1 aliphatic rings. The fourth-order valence-corrected chi connectivity index (χ4v) is 1.13. The standard InChI is InChI=1S/C8H12N4/c9-3-6-4-11-8(5-1-2-5)12-7(6)10/h4-5H,1-3,9H2,(H2,10,11,12). The van der Waals surface area contributed by atoms with Crippen LogP contribution < -0.4 is 11.5 Å². The molecule has 1 aromatic heterocycles. The predicted molar refractivity (Wildman–Crippen MR) is 46.3 cm³/mol. The van der Waals surface area contributed by atoms with Crippen LogP contribution in [-0.4, -0.2) is 9.97 Å². The molecule has 4 heteroatoms. The zero-order valence-corrected chi connectivity index (χ0v) is 6.83. The first-order chi connectivity index (χ1) is 5.81. The highest BCUT2D eigenvalue weighted by Crippen LogP contribution is 2.38. The molecule has 4 nitrogen and oxygen atoms in total. The number of nitrogens with two attached hydrogens (primary N) is 2. The third-order valence-electron chi connectivity index (χ3n) is 2.08. The van der Waals surface area contributed by atoms with Crippen LogP contribution in [0.25, 0.3) is 0 Å². The maximum atomic E-state index is 5.67. The number of nitrogens with zero attached hydrogens (tertiary/aromatic N) is 2. The summed E-state index contributed by atoms with van der Waals surface area (Å²) in [6.45, 7) is 0.413. The van der Waals surface area contributed by atoms with Crippen LogP contribution in [-0.2, 0) is 6.54 Å². The van der Waals surface area contributed by atoms with Crippen molar-refractivity contribution in [2.75, 3.05) is 5.73 Å². The molecule has 2 rings (SSSR count). The molecule has 12 heavy (non-hydrogen) atoms. The molecule has 1 saturated carbocycles. The summed E-state index contributed by atoms with van der Waals surface area (Å²) in [6, 6.07) is 0. The Balaban J connectivity index is 2.30. The van der Waals surface area contributed by atoms with Gasteiger partial charge in [-0.2, -0.15) is 0 Å². The van der Waals surface area contributed by atoms with Gasteiger partial charge in [0, 0.05) is 24.2 Å². The van der Waals surface area contributed by atoms with Crippen LogP contribution in [0.2, 0.25) is 0 Å². The van der Waals surface area contributed by atoms with Crippen molar-refractivity contribution in [2.24, 2.45) is 5.73 Å². The quantitative estimate of drug-likeness (QED) is 0.663. The zero-order valence-electron chi connectivity index (χ0n) is 6.83. The molecule has 1 fully saturated rings. The minimum absolute atomic E-state index is 0.413. The van der Waals surface area contributed by atoms with E-state index in [1.165, 1.54) is 12.8 Å². The minimum atomic E-state index is 0.413. The highest BCUT2D eigenvalue weighted by molar-refractivity contribution is 5.38. The lowest BCUT2D eigenvalue weighted by atomic mass is 10.3. The van der Waals surface area contributed by atoms with Crippen LogP contribution in [0.4, 0.5) is 5.82 Å². The van der Waals surface area contributed by atoms with E-state index in [9.17, 15) is 0 Å². The van der Waals surface area contributed by atoms with Crippen molar-refractivity contribution in [1.29, 1.82) is 0 Å². The van der Waals surface area contributed by atoms with Gasteiger partial charge in [-0.3, -0.25) is 0 Å². The number of hydrogen-bond acceptors (Lipinski definition) is 4. The molecule has 0 aromatic carbocycles. The summed E-state index contributed by atoms with van der Waals surface area (Å²) in [5.41, 5.74) is 11.9. The van der Waals surface area contributed by atoms with Gasteiger partial charge in [-0.05, 0) is 12.8 Å². The van der Waals surface area contributed by atoms with Crippen LogP contribution in [0.1, 0.15) is 30.1 Å². The summed E-state index contributed by atoms with van der Waals surface area (Å²) >= 11 is 0. The molecule has 1 aliphatic carbocycles. The van der Waals surface area contributed by atoms with E-state index in [0.29, 0.717) is 18.3 Å². The molecule has 0 bridgehead atoms. The Morgan fingerprint density at radius 3 is 2.75 bits per heavy atom. The van der Waals surface area contributed by atoms with Gasteiger partial charge in [-0.25, -0.2) is 9.97 Å². The van der Waals surface area contributed by atoms with Gasteiger partial charge in [-0.1, -0.05) is 0 Å². The predicted octanol–water partition coefficient (Wildman–Crippen LogP) is 0.395. The number of anilines is 1. The van der Waals surface area contributed by atoms with Crippen molar-refractivity contribution >= 4 is 5.82 Å². The fraction of sp³-hybridized carbons (Fsp3) is 0.500. The van der Waals surface area contributed by atoms with E-state index in [0.717, 1.165) is 11.4 Å². The van der Waals surface area contributed by atoms with Crippen LogP contribution in [0, 0.1) is 0 Å². The largest absolute Gasteiger partial charge is 0.383 e.